The average molecular weight is 554 g/mol. The first-order chi connectivity index (χ1) is 19.9. The Labute approximate surface area is 234 Å². The lowest BCUT2D eigenvalue weighted by atomic mass is 9.70. The van der Waals surface area contributed by atoms with Gasteiger partial charge in [-0.1, -0.05) is 18.2 Å². The summed E-state index contributed by atoms with van der Waals surface area (Å²) in [7, 11) is 0. The SMILES string of the molecule is O=C(NCCn1cnc2ccccc2c1=O)[C@@H]1Cc2cc(N([O-])O)ccc2N2CC3CC(Cn4c3cccc4=O)[C@@H]12. The number of hydrogen-bond donors (Lipinski definition) is 2. The van der Waals surface area contributed by atoms with Crippen LogP contribution in [0.3, 0.4) is 0 Å². The Morgan fingerprint density at radius 2 is 1.95 bits per heavy atom. The molecule has 2 aromatic heterocycles. The molecule has 4 atom stereocenters. The number of carbonyl (C=O) groups excluding carboxylic acids is 1. The summed E-state index contributed by atoms with van der Waals surface area (Å²) >= 11 is 0. The summed E-state index contributed by atoms with van der Waals surface area (Å²) in [4.78, 5) is 46.1. The van der Waals surface area contributed by atoms with Gasteiger partial charge in [0.05, 0.1) is 28.8 Å². The molecular weight excluding hydrogens is 524 g/mol. The molecule has 1 saturated heterocycles. The molecule has 2 bridgehead atoms. The minimum atomic E-state index is -0.449. The fraction of sp³-hybridized carbons (Fsp3) is 0.333. The Hall–Kier alpha value is -4.48. The number of benzene rings is 2. The smallest absolute Gasteiger partial charge is 0.261 e. The van der Waals surface area contributed by atoms with Crippen molar-refractivity contribution in [2.45, 2.75) is 37.9 Å². The predicted molar refractivity (Wildman–Crippen MR) is 153 cm³/mol. The van der Waals surface area contributed by atoms with Gasteiger partial charge in [-0.25, -0.2) is 4.98 Å². The van der Waals surface area contributed by atoms with Crippen molar-refractivity contribution < 1.29 is 10.0 Å². The molecule has 3 aliphatic rings. The quantitative estimate of drug-likeness (QED) is 0.359. The zero-order valence-corrected chi connectivity index (χ0v) is 22.2. The monoisotopic (exact) mass is 553 g/mol. The zero-order chi connectivity index (χ0) is 28.2. The van der Waals surface area contributed by atoms with E-state index >= 15 is 0 Å². The van der Waals surface area contributed by atoms with E-state index in [1.807, 2.05) is 22.8 Å². The summed E-state index contributed by atoms with van der Waals surface area (Å²) in [6.45, 7) is 1.69. The van der Waals surface area contributed by atoms with Crippen LogP contribution in [0.25, 0.3) is 10.9 Å². The minimum Gasteiger partial charge on any atom is -0.733 e. The van der Waals surface area contributed by atoms with Crippen LogP contribution in [0.15, 0.2) is 76.6 Å². The fourth-order valence-electron chi connectivity index (χ4n) is 7.15. The molecule has 1 amide bonds. The summed E-state index contributed by atoms with van der Waals surface area (Å²) in [5, 5.41) is 24.6. The minimum absolute atomic E-state index is 0.0274. The van der Waals surface area contributed by atoms with E-state index in [0.29, 0.717) is 30.4 Å². The molecule has 2 aromatic carbocycles. The number of rotatable bonds is 5. The van der Waals surface area contributed by atoms with Crippen molar-refractivity contribution in [3.05, 3.63) is 104 Å². The third-order valence-corrected chi connectivity index (χ3v) is 8.93. The molecule has 3 aliphatic heterocycles. The van der Waals surface area contributed by atoms with Gasteiger partial charge in [0.2, 0.25) is 5.91 Å². The van der Waals surface area contributed by atoms with Gasteiger partial charge in [-0.3, -0.25) is 24.2 Å². The number of fused-ring (bicyclic) bond motifs is 9. The van der Waals surface area contributed by atoms with Gasteiger partial charge in [0.15, 0.2) is 0 Å². The molecule has 1 fully saturated rings. The first kappa shape index (κ1) is 25.5. The highest BCUT2D eigenvalue weighted by molar-refractivity contribution is 5.82. The van der Waals surface area contributed by atoms with Gasteiger partial charge in [0, 0.05) is 55.6 Å². The van der Waals surface area contributed by atoms with Crippen molar-refractivity contribution in [2.75, 3.05) is 23.2 Å². The molecule has 2 N–H and O–H groups in total. The van der Waals surface area contributed by atoms with E-state index in [0.717, 1.165) is 23.4 Å². The highest BCUT2D eigenvalue weighted by atomic mass is 16.8. The van der Waals surface area contributed by atoms with Gasteiger partial charge >= 0.3 is 0 Å². The zero-order valence-electron chi connectivity index (χ0n) is 22.2. The van der Waals surface area contributed by atoms with E-state index in [1.165, 1.54) is 10.9 Å². The summed E-state index contributed by atoms with van der Waals surface area (Å²) < 4.78 is 3.35. The van der Waals surface area contributed by atoms with Crippen LogP contribution in [0.2, 0.25) is 0 Å². The molecule has 7 rings (SSSR count). The predicted octanol–water partition coefficient (Wildman–Crippen LogP) is 2.23. The van der Waals surface area contributed by atoms with E-state index in [1.54, 1.807) is 42.5 Å². The number of pyridine rings is 1. The molecule has 0 spiro atoms. The maximum atomic E-state index is 13.8. The van der Waals surface area contributed by atoms with Crippen molar-refractivity contribution in [2.24, 2.45) is 11.8 Å². The second-order valence-electron chi connectivity index (χ2n) is 11.2. The first-order valence-electron chi connectivity index (χ1n) is 13.9. The maximum absolute atomic E-state index is 13.8. The van der Waals surface area contributed by atoms with E-state index in [4.69, 9.17) is 0 Å². The summed E-state index contributed by atoms with van der Waals surface area (Å²) in [5.41, 5.74) is 3.31. The molecule has 2 unspecified atom stereocenters. The van der Waals surface area contributed by atoms with Crippen LogP contribution in [0.5, 0.6) is 0 Å². The molecule has 41 heavy (non-hydrogen) atoms. The van der Waals surface area contributed by atoms with E-state index < -0.39 is 5.92 Å². The molecule has 11 heteroatoms. The van der Waals surface area contributed by atoms with E-state index in [-0.39, 0.29) is 58.9 Å². The number of nitrogens with one attached hydrogen (secondary N) is 1. The molecule has 0 radical (unpaired) electrons. The Bertz CT molecular complexity index is 1780. The number of aromatic nitrogens is 3. The van der Waals surface area contributed by atoms with Gasteiger partial charge in [-0.15, -0.1) is 0 Å². The Kier molecular flexibility index (Phi) is 6.13. The van der Waals surface area contributed by atoms with Crippen LogP contribution in [-0.2, 0) is 24.3 Å². The highest BCUT2D eigenvalue weighted by Gasteiger charge is 2.49. The van der Waals surface area contributed by atoms with Gasteiger partial charge in [-0.05, 0) is 60.7 Å². The van der Waals surface area contributed by atoms with Gasteiger partial charge in [0.25, 0.3) is 11.1 Å². The van der Waals surface area contributed by atoms with E-state index in [9.17, 15) is 24.8 Å². The Balaban J connectivity index is 1.18. The normalized spacial score (nSPS) is 22.4. The number of carbonyl (C=O) groups is 1. The van der Waals surface area contributed by atoms with Crippen LogP contribution in [-0.4, -0.2) is 44.4 Å². The third-order valence-electron chi connectivity index (χ3n) is 8.93. The standard InChI is InChI=1S/C30H29N6O5/c37-27-7-3-6-25-19-12-20(16-34(25)27)28-23(14-18-13-21(36(40)41)8-9-26(18)35(28)15-19)29(38)31-10-11-33-17-32-24-5-2-1-4-22(24)30(33)39/h1-9,13,17,19-20,23,28,40H,10-12,14-16H2,(H,31,38)/q-1/t19?,20?,23-,28+/m1/s1. The topological polar surface area (TPSA) is 136 Å². The summed E-state index contributed by atoms with van der Waals surface area (Å²) in [6, 6.07) is 17.5. The van der Waals surface area contributed by atoms with Crippen molar-refractivity contribution in [1.82, 2.24) is 19.4 Å². The number of amides is 1. The third kappa shape index (κ3) is 4.28. The second kappa shape index (κ2) is 9.86. The first-order valence-corrected chi connectivity index (χ1v) is 13.9. The average Bonchev–Trinajstić information content (AvgIpc) is 2.98. The number of piperidine rings is 1. The lowest BCUT2D eigenvalue weighted by Gasteiger charge is -2.54. The highest BCUT2D eigenvalue weighted by Crippen LogP contribution is 2.47. The van der Waals surface area contributed by atoms with Crippen molar-refractivity contribution in [3.8, 4) is 0 Å². The molecule has 11 nitrogen and oxygen atoms in total. The molecule has 0 aliphatic carbocycles. The van der Waals surface area contributed by atoms with Crippen LogP contribution in [0.1, 0.15) is 23.6 Å². The fourth-order valence-corrected chi connectivity index (χ4v) is 7.15. The van der Waals surface area contributed by atoms with Crippen molar-refractivity contribution >= 4 is 28.2 Å². The number of anilines is 2. The van der Waals surface area contributed by atoms with Gasteiger partial charge < -0.3 is 25.2 Å². The summed E-state index contributed by atoms with van der Waals surface area (Å²) in [6.07, 6.45) is 2.77. The molecule has 0 saturated carbocycles. The number of nitrogens with zero attached hydrogens (tertiary/aromatic N) is 5. The lowest BCUT2D eigenvalue weighted by Crippen LogP contribution is -2.61. The second-order valence-corrected chi connectivity index (χ2v) is 11.2. The van der Waals surface area contributed by atoms with Crippen molar-refractivity contribution in [1.29, 1.82) is 0 Å². The lowest BCUT2D eigenvalue weighted by molar-refractivity contribution is -0.126. The van der Waals surface area contributed by atoms with Crippen LogP contribution < -0.4 is 26.6 Å². The molecule has 4 aromatic rings. The van der Waals surface area contributed by atoms with Crippen LogP contribution in [0, 0.1) is 17.0 Å². The molecular formula is C30H29N6O5-. The van der Waals surface area contributed by atoms with Crippen molar-refractivity contribution in [3.63, 3.8) is 0 Å². The Morgan fingerprint density at radius 3 is 2.80 bits per heavy atom. The van der Waals surface area contributed by atoms with Crippen LogP contribution >= 0.6 is 0 Å². The van der Waals surface area contributed by atoms with Gasteiger partial charge in [0.1, 0.15) is 0 Å². The maximum Gasteiger partial charge on any atom is 0.261 e. The summed E-state index contributed by atoms with van der Waals surface area (Å²) in [5.74, 6) is -0.388. The van der Waals surface area contributed by atoms with Crippen LogP contribution in [0.4, 0.5) is 11.4 Å². The number of hydrogen-bond acceptors (Lipinski definition) is 8. The van der Waals surface area contributed by atoms with Gasteiger partial charge in [-0.2, -0.15) is 0 Å². The molecule has 210 valence electrons. The van der Waals surface area contributed by atoms with E-state index in [2.05, 4.69) is 15.2 Å². The molecule has 5 heterocycles. The number of para-hydroxylation sites is 1. The largest absolute Gasteiger partial charge is 0.733 e. The Morgan fingerprint density at radius 1 is 1.10 bits per heavy atom.